The van der Waals surface area contributed by atoms with E-state index in [9.17, 15) is 0 Å². The van der Waals surface area contributed by atoms with Gasteiger partial charge in [-0.1, -0.05) is 27.5 Å². The third kappa shape index (κ3) is 2.28. The highest BCUT2D eigenvalue weighted by atomic mass is 79.9. The van der Waals surface area contributed by atoms with Gasteiger partial charge < -0.3 is 5.73 Å². The second-order valence-corrected chi connectivity index (χ2v) is 4.07. The molecular weight excluding hydrogens is 263 g/mol. The summed E-state index contributed by atoms with van der Waals surface area (Å²) < 4.78 is 0.836. The van der Waals surface area contributed by atoms with Crippen molar-refractivity contribution in [3.8, 4) is 6.07 Å². The molecule has 0 aromatic heterocycles. The normalized spacial score (nSPS) is 11.1. The zero-order valence-corrected chi connectivity index (χ0v) is 9.85. The lowest BCUT2D eigenvalue weighted by molar-refractivity contribution is 1.40. The van der Waals surface area contributed by atoms with Gasteiger partial charge in [0.2, 0.25) is 0 Å². The quantitative estimate of drug-likeness (QED) is 0.797. The van der Waals surface area contributed by atoms with Gasteiger partial charge in [0, 0.05) is 21.1 Å². The van der Waals surface area contributed by atoms with Gasteiger partial charge in [0.25, 0.3) is 0 Å². The summed E-state index contributed by atoms with van der Waals surface area (Å²) in [6.07, 6.45) is 1.28. The van der Waals surface area contributed by atoms with Gasteiger partial charge >= 0.3 is 0 Å². The van der Waals surface area contributed by atoms with E-state index in [2.05, 4.69) is 15.9 Å². The molecule has 0 bridgehead atoms. The van der Waals surface area contributed by atoms with Gasteiger partial charge in [-0.25, -0.2) is 0 Å². The van der Waals surface area contributed by atoms with E-state index < -0.39 is 0 Å². The molecule has 1 aromatic rings. The molecule has 0 aliphatic carbocycles. The van der Waals surface area contributed by atoms with Gasteiger partial charge in [-0.2, -0.15) is 5.26 Å². The van der Waals surface area contributed by atoms with Gasteiger partial charge in [0.1, 0.15) is 0 Å². The second kappa shape index (κ2) is 4.50. The zero-order valence-electron chi connectivity index (χ0n) is 7.51. The molecule has 0 fully saturated rings. The molecule has 14 heavy (non-hydrogen) atoms. The van der Waals surface area contributed by atoms with E-state index in [0.717, 1.165) is 15.6 Å². The molecule has 0 amide bonds. The van der Waals surface area contributed by atoms with E-state index in [4.69, 9.17) is 22.6 Å². The molecular formula is C10H8BrClN2. The highest BCUT2D eigenvalue weighted by Crippen LogP contribution is 2.27. The largest absolute Gasteiger partial charge is 0.398 e. The molecule has 2 N–H and O–H groups in total. The van der Waals surface area contributed by atoms with Crippen molar-refractivity contribution in [2.75, 3.05) is 0 Å². The summed E-state index contributed by atoms with van der Waals surface area (Å²) in [6.45, 7) is 1.90. The maximum atomic E-state index is 8.46. The number of nitrogens with zero attached hydrogens (tertiary/aromatic N) is 1. The van der Waals surface area contributed by atoms with Crippen LogP contribution in [0.4, 0.5) is 0 Å². The summed E-state index contributed by atoms with van der Waals surface area (Å²) in [6, 6.07) is 5.49. The summed E-state index contributed by atoms with van der Waals surface area (Å²) in [7, 11) is 0. The SMILES string of the molecule is Cc1cc(Br)c(/C(N)=C/C#N)cc1Cl. The minimum absolute atomic E-state index is 0.404. The number of benzene rings is 1. The minimum Gasteiger partial charge on any atom is -0.398 e. The van der Waals surface area contributed by atoms with Crippen molar-refractivity contribution in [2.45, 2.75) is 6.92 Å². The van der Waals surface area contributed by atoms with Gasteiger partial charge in [-0.15, -0.1) is 0 Å². The van der Waals surface area contributed by atoms with Crippen LogP contribution in [0.3, 0.4) is 0 Å². The van der Waals surface area contributed by atoms with E-state index in [0.29, 0.717) is 10.7 Å². The number of allylic oxidation sites excluding steroid dienone is 1. The number of nitrogens with two attached hydrogens (primary N) is 1. The maximum absolute atomic E-state index is 8.46. The van der Waals surface area contributed by atoms with Gasteiger partial charge in [0.15, 0.2) is 0 Å². The van der Waals surface area contributed by atoms with Crippen molar-refractivity contribution in [1.29, 1.82) is 5.26 Å². The Kier molecular flexibility index (Phi) is 3.56. The summed E-state index contributed by atoms with van der Waals surface area (Å²) in [4.78, 5) is 0. The molecule has 0 radical (unpaired) electrons. The van der Waals surface area contributed by atoms with Crippen LogP contribution in [0.5, 0.6) is 0 Å². The monoisotopic (exact) mass is 270 g/mol. The molecule has 4 heteroatoms. The lowest BCUT2D eigenvalue weighted by atomic mass is 10.1. The van der Waals surface area contributed by atoms with E-state index in [1.807, 2.05) is 19.1 Å². The second-order valence-electron chi connectivity index (χ2n) is 2.81. The molecule has 72 valence electrons. The summed E-state index contributed by atoms with van der Waals surface area (Å²) in [5.41, 5.74) is 7.78. The number of hydrogen-bond donors (Lipinski definition) is 1. The smallest absolute Gasteiger partial charge is 0.0933 e. The van der Waals surface area contributed by atoms with Crippen LogP contribution in [0.25, 0.3) is 5.70 Å². The lowest BCUT2D eigenvalue weighted by Gasteiger charge is -2.06. The minimum atomic E-state index is 0.404. The van der Waals surface area contributed by atoms with E-state index in [-0.39, 0.29) is 0 Å². The molecule has 2 nitrogen and oxygen atoms in total. The molecule has 0 saturated carbocycles. The van der Waals surface area contributed by atoms with Crippen molar-refractivity contribution in [2.24, 2.45) is 5.73 Å². The van der Waals surface area contributed by atoms with Crippen LogP contribution in [0.15, 0.2) is 22.7 Å². The third-order valence-corrected chi connectivity index (χ3v) is 2.84. The number of halogens is 2. The molecule has 1 aromatic carbocycles. The number of hydrogen-bond acceptors (Lipinski definition) is 2. The van der Waals surface area contributed by atoms with Crippen LogP contribution in [-0.2, 0) is 0 Å². The fourth-order valence-corrected chi connectivity index (χ4v) is 1.87. The molecule has 0 spiro atoms. The van der Waals surface area contributed by atoms with Crippen molar-refractivity contribution < 1.29 is 0 Å². The van der Waals surface area contributed by atoms with Crippen LogP contribution in [0.1, 0.15) is 11.1 Å². The first-order valence-electron chi connectivity index (χ1n) is 3.87. The Morgan fingerprint density at radius 1 is 1.64 bits per heavy atom. The fraction of sp³-hybridized carbons (Fsp3) is 0.100. The van der Waals surface area contributed by atoms with Crippen LogP contribution >= 0.6 is 27.5 Å². The first kappa shape index (κ1) is 11.1. The molecule has 0 aliphatic heterocycles. The standard InChI is InChI=1S/C10H8BrClN2/c1-6-4-8(11)7(5-9(6)12)10(14)2-3-13/h2,4-5H,14H2,1H3/b10-2-. The fourth-order valence-electron chi connectivity index (χ4n) is 1.01. The number of rotatable bonds is 1. The van der Waals surface area contributed by atoms with Crippen LogP contribution in [0, 0.1) is 18.3 Å². The lowest BCUT2D eigenvalue weighted by Crippen LogP contribution is -1.97. The maximum Gasteiger partial charge on any atom is 0.0933 e. The summed E-state index contributed by atoms with van der Waals surface area (Å²) >= 11 is 9.31. The van der Waals surface area contributed by atoms with Gasteiger partial charge in [-0.3, -0.25) is 0 Å². The average Bonchev–Trinajstić information content (AvgIpc) is 2.11. The van der Waals surface area contributed by atoms with Gasteiger partial charge in [0.05, 0.1) is 11.8 Å². The van der Waals surface area contributed by atoms with Crippen molar-refractivity contribution in [3.05, 3.63) is 38.8 Å². The highest BCUT2D eigenvalue weighted by Gasteiger charge is 2.06. The predicted molar refractivity (Wildman–Crippen MR) is 61.7 cm³/mol. The van der Waals surface area contributed by atoms with E-state index >= 15 is 0 Å². The molecule has 1 rings (SSSR count). The molecule has 0 saturated heterocycles. The molecule has 0 aliphatic rings. The Labute approximate surface area is 96.1 Å². The Balaban J connectivity index is 3.31. The predicted octanol–water partition coefficient (Wildman–Crippen LogP) is 3.23. The van der Waals surface area contributed by atoms with Crippen LogP contribution < -0.4 is 5.73 Å². The Morgan fingerprint density at radius 3 is 2.86 bits per heavy atom. The molecule has 0 atom stereocenters. The Hall–Kier alpha value is -0.980. The number of nitriles is 1. The first-order chi connectivity index (χ1) is 6.56. The topological polar surface area (TPSA) is 49.8 Å². The Morgan fingerprint density at radius 2 is 2.29 bits per heavy atom. The van der Waals surface area contributed by atoms with Gasteiger partial charge in [-0.05, 0) is 24.6 Å². The third-order valence-electron chi connectivity index (χ3n) is 1.78. The summed E-state index contributed by atoms with van der Waals surface area (Å²) in [5.74, 6) is 0. The Bertz CT molecular complexity index is 432. The summed E-state index contributed by atoms with van der Waals surface area (Å²) in [5, 5.41) is 9.09. The molecule has 0 heterocycles. The van der Waals surface area contributed by atoms with Crippen molar-refractivity contribution >= 4 is 33.2 Å². The highest BCUT2D eigenvalue weighted by molar-refractivity contribution is 9.10. The van der Waals surface area contributed by atoms with Crippen molar-refractivity contribution in [3.63, 3.8) is 0 Å². The van der Waals surface area contributed by atoms with E-state index in [1.54, 1.807) is 6.07 Å². The number of aryl methyl sites for hydroxylation is 1. The van der Waals surface area contributed by atoms with Crippen LogP contribution in [-0.4, -0.2) is 0 Å². The van der Waals surface area contributed by atoms with Crippen molar-refractivity contribution in [1.82, 2.24) is 0 Å². The average molecular weight is 272 g/mol. The van der Waals surface area contributed by atoms with E-state index in [1.165, 1.54) is 6.08 Å². The molecule has 0 unspecified atom stereocenters. The first-order valence-corrected chi connectivity index (χ1v) is 5.04. The zero-order chi connectivity index (χ0) is 10.7. The van der Waals surface area contributed by atoms with Crippen LogP contribution in [0.2, 0.25) is 5.02 Å².